The van der Waals surface area contributed by atoms with E-state index in [1.807, 2.05) is 0 Å². The maximum Gasteiger partial charge on any atom is 0.322 e. The lowest BCUT2D eigenvalue weighted by Gasteiger charge is -2.02. The molecule has 0 radical (unpaired) electrons. The third-order valence-corrected chi connectivity index (χ3v) is 3.64. The lowest BCUT2D eigenvalue weighted by Crippen LogP contribution is -2.12. The van der Waals surface area contributed by atoms with Crippen LogP contribution in [0.5, 0.6) is 0 Å². The van der Waals surface area contributed by atoms with Gasteiger partial charge in [0, 0.05) is 15.6 Å². The number of aromatic nitrogens is 2. The number of carbonyl (C=O) groups excluding carboxylic acids is 1. The van der Waals surface area contributed by atoms with E-state index in [9.17, 15) is 4.79 Å². The van der Waals surface area contributed by atoms with Crippen molar-refractivity contribution in [2.45, 2.75) is 0 Å². The Morgan fingerprint density at radius 1 is 1.00 bits per heavy atom. The number of nitrogens with one attached hydrogen (secondary N) is 1. The van der Waals surface area contributed by atoms with E-state index in [1.165, 1.54) is 0 Å². The van der Waals surface area contributed by atoms with Crippen molar-refractivity contribution >= 4 is 46.7 Å². The molecule has 5 nitrogen and oxygen atoms in total. The summed E-state index contributed by atoms with van der Waals surface area (Å²) in [6.45, 7) is 0. The summed E-state index contributed by atoms with van der Waals surface area (Å²) < 4.78 is 5.40. The summed E-state index contributed by atoms with van der Waals surface area (Å²) in [5.41, 5.74) is 0.855. The van der Waals surface area contributed by atoms with E-state index in [-0.39, 0.29) is 11.9 Å². The van der Waals surface area contributed by atoms with Gasteiger partial charge in [0.2, 0.25) is 5.89 Å². The third kappa shape index (κ3) is 3.64. The van der Waals surface area contributed by atoms with Gasteiger partial charge in [-0.3, -0.25) is 10.1 Å². The second-order valence-electron chi connectivity index (χ2n) is 4.50. The molecule has 0 saturated heterocycles. The van der Waals surface area contributed by atoms with Crippen molar-refractivity contribution in [3.05, 3.63) is 63.1 Å². The van der Waals surface area contributed by atoms with Crippen LogP contribution in [-0.4, -0.2) is 16.1 Å². The lowest BCUT2D eigenvalue weighted by atomic mass is 10.2. The Hall–Kier alpha value is -2.08. The zero-order valence-corrected chi connectivity index (χ0v) is 13.7. The topological polar surface area (TPSA) is 68.0 Å². The first kappa shape index (κ1) is 15.8. The second kappa shape index (κ2) is 6.58. The summed E-state index contributed by atoms with van der Waals surface area (Å²) in [7, 11) is 0. The molecule has 1 N–H and O–H groups in total. The van der Waals surface area contributed by atoms with Crippen LogP contribution in [0.1, 0.15) is 10.4 Å². The highest BCUT2D eigenvalue weighted by Crippen LogP contribution is 2.27. The van der Waals surface area contributed by atoms with Crippen LogP contribution in [0.4, 0.5) is 6.01 Å². The highest BCUT2D eigenvalue weighted by atomic mass is 35.5. The predicted octanol–water partition coefficient (Wildman–Crippen LogP) is 4.95. The molecule has 0 saturated carbocycles. The summed E-state index contributed by atoms with van der Waals surface area (Å²) in [6, 6.07) is 11.4. The van der Waals surface area contributed by atoms with Gasteiger partial charge in [-0.2, -0.15) is 0 Å². The van der Waals surface area contributed by atoms with E-state index in [0.29, 0.717) is 26.2 Å². The van der Waals surface area contributed by atoms with Gasteiger partial charge in [-0.1, -0.05) is 52.0 Å². The maximum absolute atomic E-state index is 12.1. The molecule has 1 aromatic heterocycles. The van der Waals surface area contributed by atoms with Crippen LogP contribution in [0.15, 0.2) is 46.9 Å². The van der Waals surface area contributed by atoms with Gasteiger partial charge in [0.15, 0.2) is 0 Å². The van der Waals surface area contributed by atoms with Gasteiger partial charge in [0.05, 0.1) is 10.6 Å². The molecule has 0 aliphatic rings. The minimum absolute atomic E-state index is 0.0546. The van der Waals surface area contributed by atoms with Gasteiger partial charge in [-0.25, -0.2) is 0 Å². The molecular weight excluding hydrogens is 361 g/mol. The molecule has 116 valence electrons. The first-order valence-corrected chi connectivity index (χ1v) is 7.52. The van der Waals surface area contributed by atoms with Gasteiger partial charge in [-0.15, -0.1) is 5.10 Å². The van der Waals surface area contributed by atoms with Crippen LogP contribution in [-0.2, 0) is 0 Å². The minimum Gasteiger partial charge on any atom is -0.403 e. The second-order valence-corrected chi connectivity index (χ2v) is 5.78. The predicted molar refractivity (Wildman–Crippen MR) is 89.2 cm³/mol. The van der Waals surface area contributed by atoms with Crippen molar-refractivity contribution in [2.24, 2.45) is 0 Å². The minimum atomic E-state index is -0.449. The first-order chi connectivity index (χ1) is 11.0. The van der Waals surface area contributed by atoms with Crippen molar-refractivity contribution in [3.8, 4) is 11.5 Å². The van der Waals surface area contributed by atoms with E-state index >= 15 is 0 Å². The zero-order valence-electron chi connectivity index (χ0n) is 11.4. The number of rotatable bonds is 3. The standard InChI is InChI=1S/C15H8Cl3N3O2/c16-9-5-8(6-10(17)7-9)14-20-21-15(23-14)19-13(22)11-3-1-2-4-12(11)18/h1-7H,(H,19,21,22). The molecule has 23 heavy (non-hydrogen) atoms. The van der Waals surface area contributed by atoms with Gasteiger partial charge < -0.3 is 4.42 Å². The highest BCUT2D eigenvalue weighted by Gasteiger charge is 2.15. The maximum atomic E-state index is 12.1. The summed E-state index contributed by atoms with van der Waals surface area (Å²) in [6.07, 6.45) is 0. The van der Waals surface area contributed by atoms with E-state index in [0.717, 1.165) is 0 Å². The number of carbonyl (C=O) groups is 1. The number of anilines is 1. The molecule has 0 atom stereocenters. The fourth-order valence-corrected chi connectivity index (χ4v) is 2.63. The fourth-order valence-electron chi connectivity index (χ4n) is 1.88. The summed E-state index contributed by atoms with van der Waals surface area (Å²) in [5, 5.41) is 11.3. The number of hydrogen-bond donors (Lipinski definition) is 1. The van der Waals surface area contributed by atoms with Crippen LogP contribution in [0.25, 0.3) is 11.5 Å². The molecule has 0 unspecified atom stereocenters. The normalized spacial score (nSPS) is 10.6. The SMILES string of the molecule is O=C(Nc1nnc(-c2cc(Cl)cc(Cl)c2)o1)c1ccccc1Cl. The Morgan fingerprint density at radius 3 is 2.39 bits per heavy atom. The number of nitrogens with zero attached hydrogens (tertiary/aromatic N) is 2. The largest absolute Gasteiger partial charge is 0.403 e. The Bertz CT molecular complexity index is 860. The summed E-state index contributed by atoms with van der Waals surface area (Å²) in [4.78, 5) is 12.1. The number of amides is 1. The van der Waals surface area contributed by atoms with Gasteiger partial charge in [0.25, 0.3) is 5.91 Å². The average molecular weight is 369 g/mol. The Kier molecular flexibility index (Phi) is 4.52. The van der Waals surface area contributed by atoms with Crippen LogP contribution < -0.4 is 5.32 Å². The zero-order chi connectivity index (χ0) is 16.4. The monoisotopic (exact) mass is 367 g/mol. The Labute approximate surface area is 146 Å². The Morgan fingerprint density at radius 2 is 1.70 bits per heavy atom. The molecule has 0 aliphatic heterocycles. The molecule has 3 aromatic rings. The summed E-state index contributed by atoms with van der Waals surface area (Å²) >= 11 is 17.8. The van der Waals surface area contributed by atoms with E-state index in [4.69, 9.17) is 39.2 Å². The fraction of sp³-hybridized carbons (Fsp3) is 0. The first-order valence-electron chi connectivity index (χ1n) is 6.39. The molecule has 0 fully saturated rings. The molecule has 0 aliphatic carbocycles. The molecule has 2 aromatic carbocycles. The molecule has 1 amide bonds. The molecule has 0 spiro atoms. The van der Waals surface area contributed by atoms with Crippen LogP contribution >= 0.6 is 34.8 Å². The van der Waals surface area contributed by atoms with E-state index < -0.39 is 5.91 Å². The van der Waals surface area contributed by atoms with Crippen LogP contribution in [0.3, 0.4) is 0 Å². The van der Waals surface area contributed by atoms with Gasteiger partial charge in [0.1, 0.15) is 0 Å². The van der Waals surface area contributed by atoms with Crippen LogP contribution in [0, 0.1) is 0 Å². The molecular formula is C15H8Cl3N3O2. The average Bonchev–Trinajstić information content (AvgIpc) is 2.95. The van der Waals surface area contributed by atoms with Crippen molar-refractivity contribution in [1.29, 1.82) is 0 Å². The number of hydrogen-bond acceptors (Lipinski definition) is 4. The quantitative estimate of drug-likeness (QED) is 0.710. The van der Waals surface area contributed by atoms with Crippen LogP contribution in [0.2, 0.25) is 15.1 Å². The van der Waals surface area contributed by atoms with Crippen molar-refractivity contribution in [3.63, 3.8) is 0 Å². The molecule has 8 heteroatoms. The Balaban J connectivity index is 1.82. The van der Waals surface area contributed by atoms with Crippen molar-refractivity contribution < 1.29 is 9.21 Å². The molecule has 0 bridgehead atoms. The van der Waals surface area contributed by atoms with E-state index in [2.05, 4.69) is 15.5 Å². The molecule has 1 heterocycles. The van der Waals surface area contributed by atoms with E-state index in [1.54, 1.807) is 42.5 Å². The number of halogens is 3. The van der Waals surface area contributed by atoms with Crippen molar-refractivity contribution in [2.75, 3.05) is 5.32 Å². The summed E-state index contributed by atoms with van der Waals surface area (Å²) in [5.74, 6) is -0.265. The van der Waals surface area contributed by atoms with Gasteiger partial charge >= 0.3 is 6.01 Å². The lowest BCUT2D eigenvalue weighted by molar-refractivity contribution is 0.102. The highest BCUT2D eigenvalue weighted by molar-refractivity contribution is 6.35. The third-order valence-electron chi connectivity index (χ3n) is 2.87. The molecule has 3 rings (SSSR count). The van der Waals surface area contributed by atoms with Crippen molar-refractivity contribution in [1.82, 2.24) is 10.2 Å². The van der Waals surface area contributed by atoms with Gasteiger partial charge in [-0.05, 0) is 30.3 Å². The number of benzene rings is 2. The smallest absolute Gasteiger partial charge is 0.322 e.